The van der Waals surface area contributed by atoms with Crippen LogP contribution in [-0.4, -0.2) is 84.5 Å². The highest BCUT2D eigenvalue weighted by molar-refractivity contribution is 5.95. The summed E-state index contributed by atoms with van der Waals surface area (Å²) >= 11 is 0. The Morgan fingerprint density at radius 1 is 1.06 bits per heavy atom. The Morgan fingerprint density at radius 3 is 2.16 bits per heavy atom. The molecule has 32 heavy (non-hydrogen) atoms. The maximum Gasteiger partial charge on any atom is 0.410 e. The number of benzene rings is 1. The first-order valence-corrected chi connectivity index (χ1v) is 11.3. The molecular weight excluding hydrogens is 408 g/mol. The van der Waals surface area contributed by atoms with Gasteiger partial charge in [0.05, 0.1) is 12.5 Å². The lowest BCUT2D eigenvalue weighted by molar-refractivity contribution is -0.128. The third kappa shape index (κ3) is 7.82. The second kappa shape index (κ2) is 11.3. The molecule has 0 unspecified atom stereocenters. The first-order valence-electron chi connectivity index (χ1n) is 11.3. The molecule has 3 amide bonds. The molecule has 1 aromatic carbocycles. The van der Waals surface area contributed by atoms with Gasteiger partial charge in [0.1, 0.15) is 5.60 Å². The van der Waals surface area contributed by atoms with Crippen LogP contribution in [0.5, 0.6) is 0 Å². The van der Waals surface area contributed by atoms with Crippen molar-refractivity contribution in [2.75, 3.05) is 45.6 Å². The lowest BCUT2D eigenvalue weighted by Gasteiger charge is -2.39. The second-order valence-corrected chi connectivity index (χ2v) is 9.46. The summed E-state index contributed by atoms with van der Waals surface area (Å²) in [5.74, 6) is -0.00925. The molecule has 0 aliphatic carbocycles. The third-order valence-electron chi connectivity index (χ3n) is 5.35. The van der Waals surface area contributed by atoms with Crippen molar-refractivity contribution < 1.29 is 19.1 Å². The molecule has 0 radical (unpaired) electrons. The van der Waals surface area contributed by atoms with Gasteiger partial charge in [-0.2, -0.15) is 0 Å². The first-order chi connectivity index (χ1) is 15.0. The average molecular weight is 447 g/mol. The van der Waals surface area contributed by atoms with Gasteiger partial charge in [0.15, 0.2) is 0 Å². The van der Waals surface area contributed by atoms with Gasteiger partial charge in [0.2, 0.25) is 11.8 Å². The zero-order chi connectivity index (χ0) is 23.9. The molecule has 1 aliphatic heterocycles. The molecule has 1 N–H and O–H groups in total. The highest BCUT2D eigenvalue weighted by Crippen LogP contribution is 2.17. The van der Waals surface area contributed by atoms with Crippen molar-refractivity contribution in [3.63, 3.8) is 0 Å². The van der Waals surface area contributed by atoms with E-state index in [-0.39, 0.29) is 23.9 Å². The fourth-order valence-electron chi connectivity index (χ4n) is 3.56. The van der Waals surface area contributed by atoms with Crippen LogP contribution in [0.3, 0.4) is 0 Å². The predicted octanol–water partition coefficient (Wildman–Crippen LogP) is 2.98. The van der Waals surface area contributed by atoms with E-state index in [1.807, 2.05) is 45.0 Å². The average Bonchev–Trinajstić information content (AvgIpc) is 2.72. The van der Waals surface area contributed by atoms with Crippen molar-refractivity contribution in [1.82, 2.24) is 14.7 Å². The van der Waals surface area contributed by atoms with Crippen molar-refractivity contribution in [3.05, 3.63) is 29.8 Å². The smallest absolute Gasteiger partial charge is 0.410 e. The maximum absolute atomic E-state index is 13.0. The first kappa shape index (κ1) is 25.6. The van der Waals surface area contributed by atoms with Gasteiger partial charge < -0.3 is 19.9 Å². The van der Waals surface area contributed by atoms with Gasteiger partial charge in [0.25, 0.3) is 0 Å². The second-order valence-electron chi connectivity index (χ2n) is 9.46. The van der Waals surface area contributed by atoms with Crippen molar-refractivity contribution in [2.45, 2.75) is 58.6 Å². The fourth-order valence-corrected chi connectivity index (χ4v) is 3.56. The molecule has 1 atom stereocenters. The van der Waals surface area contributed by atoms with Crippen LogP contribution < -0.4 is 5.32 Å². The molecule has 1 aromatic rings. The van der Waals surface area contributed by atoms with E-state index in [1.54, 1.807) is 23.9 Å². The number of likely N-dealkylation sites (N-methyl/N-ethyl adjacent to an activating group) is 1. The largest absolute Gasteiger partial charge is 0.444 e. The minimum Gasteiger partial charge on any atom is -0.444 e. The molecular formula is C24H38N4O4. The van der Waals surface area contributed by atoms with Crippen molar-refractivity contribution >= 4 is 23.6 Å². The van der Waals surface area contributed by atoms with Crippen LogP contribution in [0, 0.1) is 0 Å². The molecule has 1 heterocycles. The van der Waals surface area contributed by atoms with Crippen LogP contribution in [-0.2, 0) is 20.7 Å². The zero-order valence-electron chi connectivity index (χ0n) is 20.3. The molecule has 0 spiro atoms. The van der Waals surface area contributed by atoms with Crippen LogP contribution in [0.15, 0.2) is 24.3 Å². The quantitative estimate of drug-likeness (QED) is 0.696. The number of carbonyl (C=O) groups is 3. The van der Waals surface area contributed by atoms with Gasteiger partial charge in [-0.1, -0.05) is 25.5 Å². The summed E-state index contributed by atoms with van der Waals surface area (Å²) in [6.07, 6.45) is 1.66. The Morgan fingerprint density at radius 2 is 1.66 bits per heavy atom. The summed E-state index contributed by atoms with van der Waals surface area (Å²) in [6, 6.07) is 7.15. The van der Waals surface area contributed by atoms with Gasteiger partial charge in [0, 0.05) is 46.0 Å². The lowest BCUT2D eigenvalue weighted by Crippen LogP contribution is -2.55. The molecule has 1 aliphatic rings. The molecule has 1 fully saturated rings. The van der Waals surface area contributed by atoms with Crippen LogP contribution in [0.1, 0.15) is 46.1 Å². The van der Waals surface area contributed by atoms with Gasteiger partial charge >= 0.3 is 6.09 Å². The summed E-state index contributed by atoms with van der Waals surface area (Å²) in [5, 5.41) is 3.01. The number of anilines is 1. The minimum absolute atomic E-state index is 0.0373. The van der Waals surface area contributed by atoms with E-state index in [1.165, 1.54) is 0 Å². The Bertz CT molecular complexity index is 778. The number of hydrogen-bond donors (Lipinski definition) is 1. The molecule has 178 valence electrons. The van der Waals surface area contributed by atoms with E-state index in [0.717, 1.165) is 18.4 Å². The molecule has 2 rings (SSSR count). The fraction of sp³-hybridized carbons (Fsp3) is 0.625. The number of piperazine rings is 1. The lowest BCUT2D eigenvalue weighted by atomic mass is 10.1. The monoisotopic (exact) mass is 446 g/mol. The number of carbonyl (C=O) groups excluding carboxylic acids is 3. The van der Waals surface area contributed by atoms with Crippen LogP contribution in [0.2, 0.25) is 0 Å². The van der Waals surface area contributed by atoms with Gasteiger partial charge in [-0.05, 0) is 44.9 Å². The van der Waals surface area contributed by atoms with E-state index >= 15 is 0 Å². The molecule has 0 saturated carbocycles. The maximum atomic E-state index is 13.0. The molecule has 8 nitrogen and oxygen atoms in total. The number of ether oxygens (including phenoxy) is 1. The van der Waals surface area contributed by atoms with Crippen molar-refractivity contribution in [2.24, 2.45) is 0 Å². The number of rotatable bonds is 7. The van der Waals surface area contributed by atoms with E-state index in [4.69, 9.17) is 4.74 Å². The Labute approximate surface area is 191 Å². The highest BCUT2D eigenvalue weighted by Gasteiger charge is 2.31. The van der Waals surface area contributed by atoms with Gasteiger partial charge in [-0.25, -0.2) is 4.79 Å². The standard InChI is InChI=1S/C24H38N4O4/c1-7-8-20(27-13-15-28(16-14-27)23(31)32-24(2,3)4)22(30)25-19-11-9-18(10-12-19)17-21(29)26(5)6/h9-12,20H,7-8,13-17H2,1-6H3,(H,25,30)/t20-/m1/s1. The number of nitrogens with zero attached hydrogens (tertiary/aromatic N) is 3. The predicted molar refractivity (Wildman–Crippen MR) is 126 cm³/mol. The molecule has 0 aromatic heterocycles. The number of hydrogen-bond acceptors (Lipinski definition) is 5. The van der Waals surface area contributed by atoms with Gasteiger partial charge in [-0.15, -0.1) is 0 Å². The Kier molecular flexibility index (Phi) is 9.07. The van der Waals surface area contributed by atoms with E-state index in [0.29, 0.717) is 38.3 Å². The minimum atomic E-state index is -0.520. The van der Waals surface area contributed by atoms with Crippen LogP contribution in [0.25, 0.3) is 0 Å². The van der Waals surface area contributed by atoms with Crippen LogP contribution in [0.4, 0.5) is 10.5 Å². The third-order valence-corrected chi connectivity index (χ3v) is 5.35. The summed E-state index contributed by atoms with van der Waals surface area (Å²) in [5.41, 5.74) is 1.10. The van der Waals surface area contributed by atoms with Crippen molar-refractivity contribution in [3.8, 4) is 0 Å². The molecule has 1 saturated heterocycles. The summed E-state index contributed by atoms with van der Waals surface area (Å²) < 4.78 is 5.46. The van der Waals surface area contributed by atoms with Crippen molar-refractivity contribution in [1.29, 1.82) is 0 Å². The summed E-state index contributed by atoms with van der Waals surface area (Å²) in [4.78, 5) is 42.6. The molecule has 8 heteroatoms. The summed E-state index contributed by atoms with van der Waals surface area (Å²) in [6.45, 7) is 9.97. The summed E-state index contributed by atoms with van der Waals surface area (Å²) in [7, 11) is 3.47. The number of nitrogens with one attached hydrogen (secondary N) is 1. The topological polar surface area (TPSA) is 82.2 Å². The van der Waals surface area contributed by atoms with Gasteiger partial charge in [-0.3, -0.25) is 14.5 Å². The molecule has 0 bridgehead atoms. The van der Waals surface area contributed by atoms with E-state index < -0.39 is 5.60 Å². The Balaban J connectivity index is 1.94. The van der Waals surface area contributed by atoms with E-state index in [9.17, 15) is 14.4 Å². The zero-order valence-corrected chi connectivity index (χ0v) is 20.3. The van der Waals surface area contributed by atoms with Crippen LogP contribution >= 0.6 is 0 Å². The van der Waals surface area contributed by atoms with E-state index in [2.05, 4.69) is 17.1 Å². The highest BCUT2D eigenvalue weighted by atomic mass is 16.6. The number of amides is 3. The SMILES string of the molecule is CCC[C@H](C(=O)Nc1ccc(CC(=O)N(C)C)cc1)N1CCN(C(=O)OC(C)(C)C)CC1. The normalized spacial score (nSPS) is 15.8. The Hall–Kier alpha value is -2.61.